The molecule has 1 saturated carbocycles. The van der Waals surface area contributed by atoms with Gasteiger partial charge in [-0.15, -0.1) is 0 Å². The molecule has 1 aromatic carbocycles. The molecule has 1 fully saturated rings. The van der Waals surface area contributed by atoms with Crippen LogP contribution < -0.4 is 20.1 Å². The predicted octanol–water partition coefficient (Wildman–Crippen LogP) is 2.55. The van der Waals surface area contributed by atoms with Crippen LogP contribution in [0.25, 0.3) is 0 Å². The molecule has 7 nitrogen and oxygen atoms in total. The Bertz CT molecular complexity index is 655. The number of benzene rings is 1. The van der Waals surface area contributed by atoms with E-state index in [1.165, 1.54) is 12.8 Å². The molecule has 0 saturated heterocycles. The van der Waals surface area contributed by atoms with Crippen LogP contribution in [-0.4, -0.2) is 57.2 Å². The number of nitrogens with zero attached hydrogens (tertiary/aromatic N) is 2. The Morgan fingerprint density at radius 2 is 2.00 bits per heavy atom. The molecule has 156 valence electrons. The monoisotopic (exact) mass is 390 g/mol. The van der Waals surface area contributed by atoms with Gasteiger partial charge >= 0.3 is 0 Å². The van der Waals surface area contributed by atoms with Crippen LogP contribution in [0.5, 0.6) is 11.5 Å². The highest BCUT2D eigenvalue weighted by atomic mass is 16.5. The minimum absolute atomic E-state index is 0.000650. The molecule has 0 atom stereocenters. The third-order valence-corrected chi connectivity index (χ3v) is 4.73. The van der Waals surface area contributed by atoms with Crippen molar-refractivity contribution in [1.29, 1.82) is 0 Å². The highest BCUT2D eigenvalue weighted by molar-refractivity contribution is 5.86. The first-order chi connectivity index (χ1) is 13.5. The molecule has 1 aliphatic rings. The Balaban J connectivity index is 2.10. The van der Waals surface area contributed by atoms with Crippen molar-refractivity contribution in [2.75, 3.05) is 34.3 Å². The summed E-state index contributed by atoms with van der Waals surface area (Å²) in [7, 11) is 5.14. The molecule has 0 unspecified atom stereocenters. The first kappa shape index (κ1) is 21.9. The number of amides is 1. The molecule has 0 aromatic heterocycles. The fraction of sp³-hybridized carbons (Fsp3) is 0.619. The van der Waals surface area contributed by atoms with Gasteiger partial charge in [0.2, 0.25) is 5.91 Å². The minimum atomic E-state index is 0.000650. The zero-order chi connectivity index (χ0) is 20.4. The number of nitrogens with one attached hydrogen (secondary N) is 2. The Kier molecular flexibility index (Phi) is 8.91. The number of ether oxygens (including phenoxy) is 2. The Morgan fingerprint density at radius 3 is 2.64 bits per heavy atom. The smallest absolute Gasteiger partial charge is 0.241 e. The molecule has 7 heteroatoms. The highest BCUT2D eigenvalue weighted by Crippen LogP contribution is 2.30. The molecule has 28 heavy (non-hydrogen) atoms. The average molecular weight is 391 g/mol. The number of likely N-dealkylation sites (N-methyl/N-ethyl adjacent to an activating group) is 1. The molecule has 1 aromatic rings. The van der Waals surface area contributed by atoms with Crippen LogP contribution >= 0.6 is 0 Å². The number of guanidine groups is 1. The van der Waals surface area contributed by atoms with Gasteiger partial charge in [0.25, 0.3) is 0 Å². The van der Waals surface area contributed by atoms with Gasteiger partial charge in [0.1, 0.15) is 11.5 Å². The number of methoxy groups -OCH3 is 1. The second-order valence-electron chi connectivity index (χ2n) is 7.23. The summed E-state index contributed by atoms with van der Waals surface area (Å²) in [5.74, 6) is 2.23. The van der Waals surface area contributed by atoms with E-state index in [0.29, 0.717) is 12.5 Å². The van der Waals surface area contributed by atoms with Crippen LogP contribution in [0.15, 0.2) is 23.2 Å². The number of rotatable bonds is 9. The number of hydrogen-bond acceptors (Lipinski definition) is 4. The van der Waals surface area contributed by atoms with E-state index in [0.717, 1.165) is 42.9 Å². The molecule has 0 radical (unpaired) electrons. The van der Waals surface area contributed by atoms with E-state index < -0.39 is 0 Å². The van der Waals surface area contributed by atoms with E-state index in [-0.39, 0.29) is 18.6 Å². The highest BCUT2D eigenvalue weighted by Gasteiger charge is 2.18. The Morgan fingerprint density at radius 1 is 1.25 bits per heavy atom. The summed E-state index contributed by atoms with van der Waals surface area (Å²) in [6.45, 7) is 3.54. The maximum atomic E-state index is 11.9. The van der Waals surface area contributed by atoms with Crippen molar-refractivity contribution in [3.63, 3.8) is 0 Å². The minimum Gasteiger partial charge on any atom is -0.497 e. The van der Waals surface area contributed by atoms with E-state index in [4.69, 9.17) is 9.47 Å². The van der Waals surface area contributed by atoms with Crippen molar-refractivity contribution in [2.24, 2.45) is 4.99 Å². The van der Waals surface area contributed by atoms with Gasteiger partial charge in [0.15, 0.2) is 5.96 Å². The third kappa shape index (κ3) is 6.94. The summed E-state index contributed by atoms with van der Waals surface area (Å²) in [6, 6.07) is 5.86. The molecular weight excluding hydrogens is 356 g/mol. The topological polar surface area (TPSA) is 75.2 Å². The number of aliphatic imine (C=N–C) groups is 1. The zero-order valence-corrected chi connectivity index (χ0v) is 17.6. The van der Waals surface area contributed by atoms with Crippen molar-refractivity contribution in [1.82, 2.24) is 15.5 Å². The van der Waals surface area contributed by atoms with E-state index in [1.807, 2.05) is 18.2 Å². The second-order valence-corrected chi connectivity index (χ2v) is 7.23. The zero-order valence-electron chi connectivity index (χ0n) is 17.6. The normalized spacial score (nSPS) is 14.6. The fourth-order valence-corrected chi connectivity index (χ4v) is 2.99. The van der Waals surface area contributed by atoms with Crippen molar-refractivity contribution in [3.8, 4) is 11.5 Å². The number of hydrogen-bond donors (Lipinski definition) is 2. The van der Waals surface area contributed by atoms with Gasteiger partial charge in [-0.3, -0.25) is 4.79 Å². The lowest BCUT2D eigenvalue weighted by Gasteiger charge is -2.18. The quantitative estimate of drug-likeness (QED) is 0.501. The maximum Gasteiger partial charge on any atom is 0.241 e. The molecule has 0 spiro atoms. The van der Waals surface area contributed by atoms with Crippen LogP contribution in [0.2, 0.25) is 0 Å². The lowest BCUT2D eigenvalue weighted by Crippen LogP contribution is -2.43. The van der Waals surface area contributed by atoms with Crippen LogP contribution in [0.1, 0.15) is 44.6 Å². The lowest BCUT2D eigenvalue weighted by atomic mass is 10.2. The van der Waals surface area contributed by atoms with Gasteiger partial charge in [0.05, 0.1) is 26.3 Å². The van der Waals surface area contributed by atoms with Crippen LogP contribution in [0.4, 0.5) is 0 Å². The summed E-state index contributed by atoms with van der Waals surface area (Å²) in [5.41, 5.74) is 1.00. The summed E-state index contributed by atoms with van der Waals surface area (Å²) in [4.78, 5) is 18.1. The van der Waals surface area contributed by atoms with E-state index >= 15 is 0 Å². The van der Waals surface area contributed by atoms with Crippen LogP contribution in [0.3, 0.4) is 0 Å². The third-order valence-electron chi connectivity index (χ3n) is 4.73. The second kappa shape index (κ2) is 11.4. The number of carbonyl (C=O) groups excluding carboxylic acids is 1. The summed E-state index contributed by atoms with van der Waals surface area (Å²) in [5, 5.41) is 6.35. The van der Waals surface area contributed by atoms with E-state index in [9.17, 15) is 4.79 Å². The van der Waals surface area contributed by atoms with E-state index in [1.54, 1.807) is 26.1 Å². The van der Waals surface area contributed by atoms with Crippen molar-refractivity contribution in [3.05, 3.63) is 23.8 Å². The maximum absolute atomic E-state index is 11.9. The largest absolute Gasteiger partial charge is 0.497 e. The van der Waals surface area contributed by atoms with Crippen molar-refractivity contribution < 1.29 is 14.3 Å². The first-order valence-electron chi connectivity index (χ1n) is 10.1. The molecule has 0 bridgehead atoms. The predicted molar refractivity (Wildman–Crippen MR) is 112 cm³/mol. The summed E-state index contributed by atoms with van der Waals surface area (Å²) < 4.78 is 11.6. The molecule has 1 amide bonds. The lowest BCUT2D eigenvalue weighted by molar-refractivity contribution is -0.127. The standard InChI is InChI=1S/C21H34N4O3/c1-5-12-22-21(24-15-20(26)25(2)3)23-14-16-10-11-18(27-4)13-19(16)28-17-8-6-7-9-17/h10-11,13,17H,5-9,12,14-15H2,1-4H3,(H2,22,23,24). The average Bonchev–Trinajstić information content (AvgIpc) is 3.20. The molecule has 2 N–H and O–H groups in total. The molecule has 0 heterocycles. The van der Waals surface area contributed by atoms with Crippen LogP contribution in [-0.2, 0) is 11.3 Å². The molecule has 1 aliphatic carbocycles. The molecule has 2 rings (SSSR count). The van der Waals surface area contributed by atoms with Crippen LogP contribution in [0, 0.1) is 0 Å². The van der Waals surface area contributed by atoms with E-state index in [2.05, 4.69) is 22.5 Å². The van der Waals surface area contributed by atoms with Gasteiger partial charge in [-0.25, -0.2) is 4.99 Å². The van der Waals surface area contributed by atoms with Gasteiger partial charge < -0.3 is 25.0 Å². The summed E-state index contributed by atoms with van der Waals surface area (Å²) in [6.07, 6.45) is 5.87. The first-order valence-corrected chi connectivity index (χ1v) is 10.1. The number of carbonyl (C=O) groups is 1. The van der Waals surface area contributed by atoms with Gasteiger partial charge in [-0.1, -0.05) is 6.92 Å². The van der Waals surface area contributed by atoms with Crippen molar-refractivity contribution in [2.45, 2.75) is 51.7 Å². The molecular formula is C21H34N4O3. The fourth-order valence-electron chi connectivity index (χ4n) is 2.99. The van der Waals surface area contributed by atoms with Gasteiger partial charge in [-0.05, 0) is 44.2 Å². The SMILES string of the molecule is CCCNC(=NCc1ccc(OC)cc1OC1CCCC1)NCC(=O)N(C)C. The Labute approximate surface area is 168 Å². The van der Waals surface area contributed by atoms with Gasteiger partial charge in [0, 0.05) is 32.3 Å². The summed E-state index contributed by atoms with van der Waals surface area (Å²) >= 11 is 0. The van der Waals surface area contributed by atoms with Crippen molar-refractivity contribution >= 4 is 11.9 Å². The Hall–Kier alpha value is -2.44. The molecule has 0 aliphatic heterocycles. The van der Waals surface area contributed by atoms with Gasteiger partial charge in [-0.2, -0.15) is 0 Å².